The lowest BCUT2D eigenvalue weighted by Crippen LogP contribution is -1.94. The van der Waals surface area contributed by atoms with E-state index in [-0.39, 0.29) is 4.88 Å². The third kappa shape index (κ3) is 2.06. The molecule has 1 aromatic carbocycles. The summed E-state index contributed by atoms with van der Waals surface area (Å²) in [6, 6.07) is 9.84. The standard InChI is InChI=1S/C15H12N2O2S/c1-8-7-12(17-11-6-4-3-5-10(8)11)14-16-9(2)13(20-14)15(18)19/h3-7H,1-2H3,(H,18,19). The van der Waals surface area contributed by atoms with Crippen molar-refractivity contribution in [1.29, 1.82) is 0 Å². The molecule has 2 aromatic heterocycles. The quantitative estimate of drug-likeness (QED) is 0.779. The fourth-order valence-electron chi connectivity index (χ4n) is 2.16. The van der Waals surface area contributed by atoms with E-state index in [1.54, 1.807) is 6.92 Å². The fraction of sp³-hybridized carbons (Fsp3) is 0.133. The molecule has 0 aliphatic rings. The van der Waals surface area contributed by atoms with Gasteiger partial charge in [0.2, 0.25) is 0 Å². The lowest BCUT2D eigenvalue weighted by molar-refractivity contribution is 0.0701. The lowest BCUT2D eigenvalue weighted by Gasteiger charge is -2.03. The highest BCUT2D eigenvalue weighted by Gasteiger charge is 2.16. The van der Waals surface area contributed by atoms with Crippen molar-refractivity contribution in [2.45, 2.75) is 13.8 Å². The molecule has 0 unspecified atom stereocenters. The number of hydrogen-bond acceptors (Lipinski definition) is 4. The number of thiazole rings is 1. The Bertz CT molecular complexity index is 824. The molecule has 0 bridgehead atoms. The summed E-state index contributed by atoms with van der Waals surface area (Å²) >= 11 is 1.16. The monoisotopic (exact) mass is 284 g/mol. The van der Waals surface area contributed by atoms with Crippen molar-refractivity contribution in [3.05, 3.63) is 46.5 Å². The highest BCUT2D eigenvalue weighted by atomic mass is 32.1. The summed E-state index contributed by atoms with van der Waals surface area (Å²) in [5.74, 6) is -0.941. The molecule has 1 N–H and O–H groups in total. The molecule has 0 aliphatic carbocycles. The molecule has 0 atom stereocenters. The van der Waals surface area contributed by atoms with E-state index in [9.17, 15) is 4.79 Å². The Morgan fingerprint density at radius 3 is 2.65 bits per heavy atom. The van der Waals surface area contributed by atoms with Crippen LogP contribution in [0.5, 0.6) is 0 Å². The summed E-state index contributed by atoms with van der Waals surface area (Å²) < 4.78 is 0. The number of aromatic carboxylic acids is 1. The summed E-state index contributed by atoms with van der Waals surface area (Å²) in [4.78, 5) is 20.3. The van der Waals surface area contributed by atoms with Crippen LogP contribution in [0.4, 0.5) is 0 Å². The van der Waals surface area contributed by atoms with Gasteiger partial charge in [0.15, 0.2) is 0 Å². The maximum absolute atomic E-state index is 11.1. The van der Waals surface area contributed by atoms with Gasteiger partial charge in [-0.25, -0.2) is 14.8 Å². The topological polar surface area (TPSA) is 63.1 Å². The smallest absolute Gasteiger partial charge is 0.347 e. The van der Waals surface area contributed by atoms with Crippen molar-refractivity contribution in [3.8, 4) is 10.7 Å². The zero-order valence-electron chi connectivity index (χ0n) is 11.0. The number of carbonyl (C=O) groups is 1. The first kappa shape index (κ1) is 12.7. The Labute approximate surface area is 119 Å². The van der Waals surface area contributed by atoms with Crippen LogP contribution in [0, 0.1) is 13.8 Å². The molecule has 0 radical (unpaired) electrons. The van der Waals surface area contributed by atoms with Crippen LogP contribution in [0.1, 0.15) is 20.9 Å². The normalized spacial score (nSPS) is 10.9. The van der Waals surface area contributed by atoms with Gasteiger partial charge in [-0.2, -0.15) is 0 Å². The van der Waals surface area contributed by atoms with Crippen LogP contribution in [0.2, 0.25) is 0 Å². The number of rotatable bonds is 2. The molecule has 0 amide bonds. The third-order valence-electron chi connectivity index (χ3n) is 3.13. The van der Waals surface area contributed by atoms with E-state index in [0.29, 0.717) is 10.7 Å². The predicted octanol–water partition coefficient (Wildman–Crippen LogP) is 3.67. The molecule has 4 nitrogen and oxygen atoms in total. The molecule has 0 fully saturated rings. The van der Waals surface area contributed by atoms with Crippen molar-refractivity contribution in [3.63, 3.8) is 0 Å². The number of carboxylic acid groups (broad SMARTS) is 1. The van der Waals surface area contributed by atoms with Gasteiger partial charge < -0.3 is 5.11 Å². The third-order valence-corrected chi connectivity index (χ3v) is 4.30. The van der Waals surface area contributed by atoms with E-state index >= 15 is 0 Å². The van der Waals surface area contributed by atoms with E-state index in [1.807, 2.05) is 37.3 Å². The van der Waals surface area contributed by atoms with Crippen LogP contribution in [-0.4, -0.2) is 21.0 Å². The first-order chi connectivity index (χ1) is 9.56. The van der Waals surface area contributed by atoms with Crippen LogP contribution in [0.25, 0.3) is 21.6 Å². The van der Waals surface area contributed by atoms with Gasteiger partial charge in [0.05, 0.1) is 16.9 Å². The van der Waals surface area contributed by atoms with E-state index in [1.165, 1.54) is 0 Å². The molecule has 20 heavy (non-hydrogen) atoms. The zero-order valence-corrected chi connectivity index (χ0v) is 11.9. The van der Waals surface area contributed by atoms with Crippen molar-refractivity contribution in [2.24, 2.45) is 0 Å². The highest BCUT2D eigenvalue weighted by Crippen LogP contribution is 2.29. The first-order valence-electron chi connectivity index (χ1n) is 6.14. The Morgan fingerprint density at radius 1 is 1.20 bits per heavy atom. The Kier molecular flexibility index (Phi) is 2.99. The predicted molar refractivity (Wildman–Crippen MR) is 79.3 cm³/mol. The van der Waals surface area contributed by atoms with Gasteiger partial charge >= 0.3 is 5.97 Å². The minimum atomic E-state index is -0.941. The largest absolute Gasteiger partial charge is 0.477 e. The number of fused-ring (bicyclic) bond motifs is 1. The Balaban J connectivity index is 2.19. The molecule has 5 heteroatoms. The molecule has 100 valence electrons. The van der Waals surface area contributed by atoms with Crippen LogP contribution in [-0.2, 0) is 0 Å². The number of para-hydroxylation sites is 1. The molecule has 2 heterocycles. The summed E-state index contributed by atoms with van der Waals surface area (Å²) in [6.45, 7) is 3.73. The second-order valence-electron chi connectivity index (χ2n) is 4.58. The van der Waals surface area contributed by atoms with Gasteiger partial charge in [-0.15, -0.1) is 11.3 Å². The average molecular weight is 284 g/mol. The second kappa shape index (κ2) is 4.68. The Hall–Kier alpha value is -2.27. The van der Waals surface area contributed by atoms with Crippen LogP contribution >= 0.6 is 11.3 Å². The second-order valence-corrected chi connectivity index (χ2v) is 5.58. The van der Waals surface area contributed by atoms with Crippen LogP contribution < -0.4 is 0 Å². The van der Waals surface area contributed by atoms with E-state index in [0.717, 1.165) is 33.5 Å². The number of aromatic nitrogens is 2. The molecule has 0 aliphatic heterocycles. The summed E-state index contributed by atoms with van der Waals surface area (Å²) in [6.07, 6.45) is 0. The number of aryl methyl sites for hydroxylation is 2. The SMILES string of the molecule is Cc1nc(-c2cc(C)c3ccccc3n2)sc1C(=O)O. The number of carboxylic acids is 1. The fourth-order valence-corrected chi connectivity index (χ4v) is 3.03. The number of nitrogens with zero attached hydrogens (tertiary/aromatic N) is 2. The summed E-state index contributed by atoms with van der Waals surface area (Å²) in [7, 11) is 0. The van der Waals surface area contributed by atoms with Gasteiger partial charge in [0.1, 0.15) is 9.88 Å². The number of pyridine rings is 1. The molecule has 3 rings (SSSR count). The van der Waals surface area contributed by atoms with Crippen molar-refractivity contribution in [1.82, 2.24) is 9.97 Å². The number of hydrogen-bond donors (Lipinski definition) is 1. The summed E-state index contributed by atoms with van der Waals surface area (Å²) in [5.41, 5.74) is 3.26. The lowest BCUT2D eigenvalue weighted by atomic mass is 10.1. The van der Waals surface area contributed by atoms with Gasteiger partial charge in [-0.3, -0.25) is 0 Å². The van der Waals surface area contributed by atoms with Crippen molar-refractivity contribution >= 4 is 28.2 Å². The Morgan fingerprint density at radius 2 is 1.95 bits per heavy atom. The van der Waals surface area contributed by atoms with E-state index < -0.39 is 5.97 Å². The summed E-state index contributed by atoms with van der Waals surface area (Å²) in [5, 5.41) is 10.8. The molecular weight excluding hydrogens is 272 g/mol. The highest BCUT2D eigenvalue weighted by molar-refractivity contribution is 7.17. The first-order valence-corrected chi connectivity index (χ1v) is 6.95. The van der Waals surface area contributed by atoms with Gasteiger partial charge in [0, 0.05) is 5.39 Å². The molecule has 0 spiro atoms. The number of benzene rings is 1. The maximum Gasteiger partial charge on any atom is 0.347 e. The molecular formula is C15H12N2O2S. The van der Waals surface area contributed by atoms with E-state index in [2.05, 4.69) is 9.97 Å². The molecule has 3 aromatic rings. The van der Waals surface area contributed by atoms with E-state index in [4.69, 9.17) is 5.11 Å². The van der Waals surface area contributed by atoms with Crippen molar-refractivity contribution in [2.75, 3.05) is 0 Å². The van der Waals surface area contributed by atoms with Gasteiger partial charge in [-0.1, -0.05) is 18.2 Å². The van der Waals surface area contributed by atoms with Gasteiger partial charge in [-0.05, 0) is 31.5 Å². The van der Waals surface area contributed by atoms with Crippen LogP contribution in [0.3, 0.4) is 0 Å². The minimum absolute atomic E-state index is 0.271. The maximum atomic E-state index is 11.1. The average Bonchev–Trinajstić information content (AvgIpc) is 2.81. The zero-order chi connectivity index (χ0) is 14.3. The minimum Gasteiger partial charge on any atom is -0.477 e. The van der Waals surface area contributed by atoms with Crippen molar-refractivity contribution < 1.29 is 9.90 Å². The van der Waals surface area contributed by atoms with Gasteiger partial charge in [0.25, 0.3) is 0 Å². The van der Waals surface area contributed by atoms with Crippen LogP contribution in [0.15, 0.2) is 30.3 Å². The molecule has 0 saturated carbocycles. The molecule has 0 saturated heterocycles.